The number of esters is 1. The molecule has 0 saturated heterocycles. The van der Waals surface area contributed by atoms with Crippen LogP contribution >= 0.6 is 0 Å². The maximum atomic E-state index is 13.0. The van der Waals surface area contributed by atoms with Crippen molar-refractivity contribution >= 4 is 28.5 Å². The lowest BCUT2D eigenvalue weighted by atomic mass is 10.1. The molecule has 28 heavy (non-hydrogen) atoms. The van der Waals surface area contributed by atoms with Crippen LogP contribution in [0.4, 0.5) is 10.1 Å². The van der Waals surface area contributed by atoms with Crippen molar-refractivity contribution in [1.29, 1.82) is 0 Å². The molecule has 2 aromatic carbocycles. The van der Waals surface area contributed by atoms with Gasteiger partial charge in [0.1, 0.15) is 11.4 Å². The maximum absolute atomic E-state index is 13.0. The number of rotatable bonds is 7. The highest BCUT2D eigenvalue weighted by atomic mass is 19.1. The van der Waals surface area contributed by atoms with Crippen molar-refractivity contribution in [2.75, 3.05) is 12.4 Å². The zero-order valence-corrected chi connectivity index (χ0v) is 15.5. The van der Waals surface area contributed by atoms with Gasteiger partial charge < -0.3 is 19.2 Å². The molecule has 0 bridgehead atoms. The smallest absolute Gasteiger partial charge is 0.375 e. The predicted molar refractivity (Wildman–Crippen MR) is 101 cm³/mol. The van der Waals surface area contributed by atoms with E-state index in [4.69, 9.17) is 13.9 Å². The molecule has 0 aliphatic heterocycles. The minimum Gasteiger partial charge on any atom is -0.449 e. The summed E-state index contributed by atoms with van der Waals surface area (Å²) in [6, 6.07) is 12.5. The number of methoxy groups -OCH3 is 1. The molecule has 146 valence electrons. The van der Waals surface area contributed by atoms with Gasteiger partial charge in [-0.25, -0.2) is 9.18 Å². The first-order valence-corrected chi connectivity index (χ1v) is 8.80. The van der Waals surface area contributed by atoms with E-state index in [0.29, 0.717) is 16.8 Å². The van der Waals surface area contributed by atoms with Gasteiger partial charge in [-0.05, 0) is 36.8 Å². The molecule has 0 saturated carbocycles. The molecule has 1 atom stereocenters. The van der Waals surface area contributed by atoms with Gasteiger partial charge in [-0.1, -0.05) is 25.1 Å². The quantitative estimate of drug-likeness (QED) is 0.614. The van der Waals surface area contributed by atoms with Crippen LogP contribution in [0.15, 0.2) is 52.9 Å². The normalized spacial score (nSPS) is 12.0. The minimum absolute atomic E-state index is 0.0103. The van der Waals surface area contributed by atoms with Crippen LogP contribution < -0.4 is 5.32 Å². The number of furan rings is 1. The Morgan fingerprint density at radius 1 is 1.14 bits per heavy atom. The van der Waals surface area contributed by atoms with Crippen molar-refractivity contribution in [1.82, 2.24) is 0 Å². The summed E-state index contributed by atoms with van der Waals surface area (Å²) in [4.78, 5) is 25.1. The van der Waals surface area contributed by atoms with E-state index in [1.807, 2.05) is 12.1 Å². The number of hydrogen-bond donors (Lipinski definition) is 1. The van der Waals surface area contributed by atoms with Crippen LogP contribution in [0.1, 0.15) is 29.5 Å². The molecule has 7 heteroatoms. The summed E-state index contributed by atoms with van der Waals surface area (Å²) < 4.78 is 29.2. The number of carbonyl (C=O) groups excluding carboxylic acids is 2. The summed E-state index contributed by atoms with van der Waals surface area (Å²) in [5.74, 6) is -1.65. The summed E-state index contributed by atoms with van der Waals surface area (Å²) in [6.45, 7) is 1.89. The largest absolute Gasteiger partial charge is 0.449 e. The molecule has 0 spiro atoms. The summed E-state index contributed by atoms with van der Waals surface area (Å²) >= 11 is 0. The molecule has 0 unspecified atom stereocenters. The van der Waals surface area contributed by atoms with Crippen LogP contribution in [-0.4, -0.2) is 25.1 Å². The number of halogens is 1. The Balaban J connectivity index is 1.78. The topological polar surface area (TPSA) is 77.8 Å². The number of para-hydroxylation sites is 1. The highest BCUT2D eigenvalue weighted by Gasteiger charge is 2.27. The molecule has 1 amide bonds. The number of carbonyl (C=O) groups is 2. The van der Waals surface area contributed by atoms with Crippen molar-refractivity contribution < 1.29 is 27.9 Å². The number of fused-ring (bicyclic) bond motifs is 1. The van der Waals surface area contributed by atoms with Crippen LogP contribution in [0.2, 0.25) is 0 Å². The standard InChI is InChI=1S/C21H20FNO5/c1-3-17(20(24)23-14-10-8-13(22)9-11-14)28-21(25)19-16(12-26-2)15-6-4-5-7-18(15)27-19/h4-11,17H,3,12H2,1-2H3,(H,23,24)/t17-/m1/s1. The van der Waals surface area contributed by atoms with E-state index in [1.54, 1.807) is 19.1 Å². The van der Waals surface area contributed by atoms with E-state index < -0.39 is 23.8 Å². The fraction of sp³-hybridized carbons (Fsp3) is 0.238. The Labute approximate surface area is 161 Å². The molecule has 0 aliphatic carbocycles. The van der Waals surface area contributed by atoms with Gasteiger partial charge >= 0.3 is 5.97 Å². The molecule has 0 radical (unpaired) electrons. The Morgan fingerprint density at radius 2 is 1.86 bits per heavy atom. The monoisotopic (exact) mass is 385 g/mol. The second-order valence-corrected chi connectivity index (χ2v) is 6.14. The number of ether oxygens (including phenoxy) is 2. The molecule has 6 nitrogen and oxygen atoms in total. The fourth-order valence-electron chi connectivity index (χ4n) is 2.81. The third-order valence-corrected chi connectivity index (χ3v) is 4.20. The van der Waals surface area contributed by atoms with Gasteiger partial charge in [0.2, 0.25) is 5.76 Å². The summed E-state index contributed by atoms with van der Waals surface area (Å²) in [6.07, 6.45) is -0.764. The van der Waals surface area contributed by atoms with Crippen molar-refractivity contribution in [3.63, 3.8) is 0 Å². The van der Waals surface area contributed by atoms with Gasteiger partial charge in [-0.3, -0.25) is 4.79 Å². The molecule has 1 aromatic heterocycles. The molecular weight excluding hydrogens is 365 g/mol. The lowest BCUT2D eigenvalue weighted by Crippen LogP contribution is -2.32. The van der Waals surface area contributed by atoms with Gasteiger partial charge in [0.15, 0.2) is 6.10 Å². The molecule has 3 rings (SSSR count). The highest BCUT2D eigenvalue weighted by Crippen LogP contribution is 2.27. The van der Waals surface area contributed by atoms with Gasteiger partial charge in [0, 0.05) is 23.7 Å². The van der Waals surface area contributed by atoms with Crippen LogP contribution in [0.5, 0.6) is 0 Å². The Kier molecular flexibility index (Phi) is 6.06. The summed E-state index contributed by atoms with van der Waals surface area (Å²) in [7, 11) is 1.52. The van der Waals surface area contributed by atoms with Crippen LogP contribution in [-0.2, 0) is 20.9 Å². The first kappa shape index (κ1) is 19.6. The number of nitrogens with one attached hydrogen (secondary N) is 1. The van der Waals surface area contributed by atoms with Crippen molar-refractivity contribution in [3.05, 3.63) is 65.7 Å². The van der Waals surface area contributed by atoms with Crippen molar-refractivity contribution in [2.45, 2.75) is 26.1 Å². The van der Waals surface area contributed by atoms with Crippen molar-refractivity contribution in [2.24, 2.45) is 0 Å². The lowest BCUT2D eigenvalue weighted by molar-refractivity contribution is -0.124. The van der Waals surface area contributed by atoms with E-state index in [1.165, 1.54) is 31.4 Å². The van der Waals surface area contributed by atoms with Gasteiger partial charge in [-0.2, -0.15) is 0 Å². The number of anilines is 1. The van der Waals surface area contributed by atoms with Gasteiger partial charge in [0.25, 0.3) is 5.91 Å². The average molecular weight is 385 g/mol. The third-order valence-electron chi connectivity index (χ3n) is 4.20. The Bertz CT molecular complexity index is 980. The second-order valence-electron chi connectivity index (χ2n) is 6.14. The maximum Gasteiger partial charge on any atom is 0.375 e. The lowest BCUT2D eigenvalue weighted by Gasteiger charge is -2.15. The van der Waals surface area contributed by atoms with E-state index in [2.05, 4.69) is 5.32 Å². The minimum atomic E-state index is -1.03. The molecular formula is C21H20FNO5. The third kappa shape index (κ3) is 4.20. The average Bonchev–Trinajstić information content (AvgIpc) is 3.07. The van der Waals surface area contributed by atoms with Crippen LogP contribution in [0, 0.1) is 5.82 Å². The predicted octanol–water partition coefficient (Wildman–Crippen LogP) is 4.29. The van der Waals surface area contributed by atoms with E-state index in [-0.39, 0.29) is 18.8 Å². The zero-order chi connectivity index (χ0) is 20.1. The van der Waals surface area contributed by atoms with Crippen LogP contribution in [0.25, 0.3) is 11.0 Å². The fourth-order valence-corrected chi connectivity index (χ4v) is 2.81. The summed E-state index contributed by atoms with van der Waals surface area (Å²) in [5.41, 5.74) is 1.51. The SMILES string of the molecule is CC[C@@H](OC(=O)c1oc2ccccc2c1COC)C(=O)Nc1ccc(F)cc1. The number of amides is 1. The Hall–Kier alpha value is -3.19. The molecule has 1 N–H and O–H groups in total. The molecule has 3 aromatic rings. The first-order chi connectivity index (χ1) is 13.5. The van der Waals surface area contributed by atoms with E-state index >= 15 is 0 Å². The van der Waals surface area contributed by atoms with Gasteiger partial charge in [-0.15, -0.1) is 0 Å². The highest BCUT2D eigenvalue weighted by molar-refractivity contribution is 5.99. The van der Waals surface area contributed by atoms with Crippen LogP contribution in [0.3, 0.4) is 0 Å². The van der Waals surface area contributed by atoms with Gasteiger partial charge in [0.05, 0.1) is 6.61 Å². The second kappa shape index (κ2) is 8.67. The van der Waals surface area contributed by atoms with Crippen molar-refractivity contribution in [3.8, 4) is 0 Å². The number of benzene rings is 2. The van der Waals surface area contributed by atoms with E-state index in [0.717, 1.165) is 5.39 Å². The Morgan fingerprint density at radius 3 is 2.54 bits per heavy atom. The summed E-state index contributed by atoms with van der Waals surface area (Å²) in [5, 5.41) is 3.36. The van der Waals surface area contributed by atoms with E-state index in [9.17, 15) is 14.0 Å². The molecule has 0 aliphatic rings. The first-order valence-electron chi connectivity index (χ1n) is 8.80. The zero-order valence-electron chi connectivity index (χ0n) is 15.5. The molecule has 1 heterocycles. The number of hydrogen-bond acceptors (Lipinski definition) is 5. The molecule has 0 fully saturated rings.